The first-order chi connectivity index (χ1) is 9.15. The topological polar surface area (TPSA) is 62.3 Å². The van der Waals surface area contributed by atoms with E-state index in [1.807, 2.05) is 24.3 Å². The minimum Gasteiger partial charge on any atom is -0.492 e. The van der Waals surface area contributed by atoms with E-state index in [9.17, 15) is 0 Å². The summed E-state index contributed by atoms with van der Waals surface area (Å²) in [6, 6.07) is 8.54. The standard InChI is InChI=1S/C14H20BrN3O/c15-11-1-5-13(6-2-11)19-10-9-18(12-3-4-12)8-7-14(16)17/h1-2,5-6,12H,3-4,7-10H2,(H3,16,17). The van der Waals surface area contributed by atoms with Crippen molar-refractivity contribution in [2.24, 2.45) is 5.73 Å². The Kier molecular flexibility index (Phi) is 5.22. The fraction of sp³-hybridized carbons (Fsp3) is 0.500. The van der Waals surface area contributed by atoms with Crippen LogP contribution in [0.4, 0.5) is 0 Å². The van der Waals surface area contributed by atoms with Gasteiger partial charge in [0.1, 0.15) is 12.4 Å². The lowest BCUT2D eigenvalue weighted by Gasteiger charge is -2.21. The molecule has 1 fully saturated rings. The summed E-state index contributed by atoms with van der Waals surface area (Å²) < 4.78 is 6.79. The molecule has 5 heteroatoms. The molecule has 3 N–H and O–H groups in total. The molecule has 1 aliphatic rings. The number of hydrogen-bond donors (Lipinski definition) is 2. The molecule has 0 heterocycles. The average molecular weight is 326 g/mol. The van der Waals surface area contributed by atoms with E-state index in [0.29, 0.717) is 19.1 Å². The van der Waals surface area contributed by atoms with Gasteiger partial charge in [-0.1, -0.05) is 15.9 Å². The van der Waals surface area contributed by atoms with Gasteiger partial charge in [0.25, 0.3) is 0 Å². The lowest BCUT2D eigenvalue weighted by molar-refractivity contribution is 0.205. The summed E-state index contributed by atoms with van der Waals surface area (Å²) in [6.07, 6.45) is 3.17. The predicted molar refractivity (Wildman–Crippen MR) is 80.8 cm³/mol. The molecule has 4 nitrogen and oxygen atoms in total. The molecule has 0 saturated heterocycles. The summed E-state index contributed by atoms with van der Waals surface area (Å²) in [4.78, 5) is 2.38. The van der Waals surface area contributed by atoms with E-state index in [1.165, 1.54) is 12.8 Å². The van der Waals surface area contributed by atoms with Crippen LogP contribution in [-0.2, 0) is 0 Å². The number of hydrogen-bond acceptors (Lipinski definition) is 3. The number of amidine groups is 1. The first-order valence-electron chi connectivity index (χ1n) is 6.60. The highest BCUT2D eigenvalue weighted by atomic mass is 79.9. The maximum absolute atomic E-state index is 7.30. The van der Waals surface area contributed by atoms with Gasteiger partial charge >= 0.3 is 0 Å². The second kappa shape index (κ2) is 6.91. The summed E-state index contributed by atoms with van der Waals surface area (Å²) in [6.45, 7) is 2.44. The third kappa shape index (κ3) is 5.20. The lowest BCUT2D eigenvalue weighted by Crippen LogP contribution is -2.33. The molecule has 1 aliphatic carbocycles. The summed E-state index contributed by atoms with van der Waals surface area (Å²) in [5, 5.41) is 7.30. The van der Waals surface area contributed by atoms with Crippen LogP contribution in [0.25, 0.3) is 0 Å². The Hall–Kier alpha value is -1.07. The van der Waals surface area contributed by atoms with E-state index in [2.05, 4.69) is 20.8 Å². The van der Waals surface area contributed by atoms with E-state index in [1.54, 1.807) is 0 Å². The van der Waals surface area contributed by atoms with Gasteiger partial charge in [-0.3, -0.25) is 10.3 Å². The van der Waals surface area contributed by atoms with E-state index >= 15 is 0 Å². The Balaban J connectivity index is 1.72. The van der Waals surface area contributed by atoms with Crippen LogP contribution in [0.5, 0.6) is 5.75 Å². The van der Waals surface area contributed by atoms with Gasteiger partial charge in [0.2, 0.25) is 0 Å². The third-order valence-corrected chi connectivity index (χ3v) is 3.72. The zero-order valence-corrected chi connectivity index (χ0v) is 12.5. The SMILES string of the molecule is N=C(N)CCN(CCOc1ccc(Br)cc1)C1CC1. The van der Waals surface area contributed by atoms with Gasteiger partial charge in [-0.05, 0) is 37.1 Å². The van der Waals surface area contributed by atoms with Crippen LogP contribution < -0.4 is 10.5 Å². The molecule has 0 aliphatic heterocycles. The second-order valence-corrected chi connectivity index (χ2v) is 5.76. The van der Waals surface area contributed by atoms with Gasteiger partial charge in [-0.2, -0.15) is 0 Å². The number of halogens is 1. The van der Waals surface area contributed by atoms with Crippen molar-refractivity contribution in [3.8, 4) is 5.75 Å². The van der Waals surface area contributed by atoms with Crippen LogP contribution in [0, 0.1) is 5.41 Å². The number of ether oxygens (including phenoxy) is 1. The molecule has 104 valence electrons. The average Bonchev–Trinajstić information content (AvgIpc) is 3.20. The minimum atomic E-state index is 0.263. The van der Waals surface area contributed by atoms with E-state index in [-0.39, 0.29) is 5.84 Å². The molecule has 0 aromatic heterocycles. The van der Waals surface area contributed by atoms with Gasteiger partial charge in [-0.25, -0.2) is 0 Å². The number of rotatable bonds is 8. The van der Waals surface area contributed by atoms with Crippen molar-refractivity contribution < 1.29 is 4.74 Å². The first-order valence-corrected chi connectivity index (χ1v) is 7.40. The molecular formula is C14H20BrN3O. The molecule has 2 rings (SSSR count). The number of nitrogens with two attached hydrogens (primary N) is 1. The van der Waals surface area contributed by atoms with Crippen molar-refractivity contribution >= 4 is 21.8 Å². The summed E-state index contributed by atoms with van der Waals surface area (Å²) in [5.74, 6) is 1.16. The van der Waals surface area contributed by atoms with E-state index < -0.39 is 0 Å². The Labute approximate surface area is 122 Å². The van der Waals surface area contributed by atoms with Crippen LogP contribution >= 0.6 is 15.9 Å². The lowest BCUT2D eigenvalue weighted by atomic mass is 10.3. The van der Waals surface area contributed by atoms with Crippen LogP contribution in [0.3, 0.4) is 0 Å². The summed E-state index contributed by atoms with van der Waals surface area (Å²) in [7, 11) is 0. The Morgan fingerprint density at radius 1 is 1.32 bits per heavy atom. The highest BCUT2D eigenvalue weighted by Crippen LogP contribution is 2.26. The molecule has 19 heavy (non-hydrogen) atoms. The molecule has 0 spiro atoms. The Bertz CT molecular complexity index is 417. The van der Waals surface area contributed by atoms with Gasteiger partial charge in [0, 0.05) is 30.0 Å². The minimum absolute atomic E-state index is 0.263. The summed E-state index contributed by atoms with van der Waals surface area (Å²) >= 11 is 3.40. The van der Waals surface area contributed by atoms with E-state index in [4.69, 9.17) is 15.9 Å². The molecular weight excluding hydrogens is 306 g/mol. The third-order valence-electron chi connectivity index (χ3n) is 3.19. The number of nitrogens with one attached hydrogen (secondary N) is 1. The van der Waals surface area contributed by atoms with Crippen molar-refractivity contribution in [2.45, 2.75) is 25.3 Å². The molecule has 1 aromatic carbocycles. The highest BCUT2D eigenvalue weighted by molar-refractivity contribution is 9.10. The fourth-order valence-corrected chi connectivity index (χ4v) is 2.26. The quantitative estimate of drug-likeness (QED) is 0.570. The molecule has 1 saturated carbocycles. The molecule has 1 aromatic rings. The fourth-order valence-electron chi connectivity index (χ4n) is 1.99. The molecule has 0 bridgehead atoms. The highest BCUT2D eigenvalue weighted by Gasteiger charge is 2.28. The Morgan fingerprint density at radius 2 is 2.00 bits per heavy atom. The molecule has 0 unspecified atom stereocenters. The van der Waals surface area contributed by atoms with Crippen molar-refractivity contribution in [1.29, 1.82) is 5.41 Å². The van der Waals surface area contributed by atoms with Crippen molar-refractivity contribution in [2.75, 3.05) is 19.7 Å². The molecule has 0 radical (unpaired) electrons. The van der Waals surface area contributed by atoms with E-state index in [0.717, 1.165) is 23.3 Å². The smallest absolute Gasteiger partial charge is 0.119 e. The maximum atomic E-state index is 7.30. The molecule has 0 amide bonds. The van der Waals surface area contributed by atoms with Crippen LogP contribution in [0.15, 0.2) is 28.7 Å². The largest absolute Gasteiger partial charge is 0.492 e. The maximum Gasteiger partial charge on any atom is 0.119 e. The van der Waals surface area contributed by atoms with Crippen LogP contribution in [0.2, 0.25) is 0 Å². The van der Waals surface area contributed by atoms with Crippen LogP contribution in [0.1, 0.15) is 19.3 Å². The Morgan fingerprint density at radius 3 is 2.58 bits per heavy atom. The normalized spacial score (nSPS) is 14.6. The monoisotopic (exact) mass is 325 g/mol. The summed E-state index contributed by atoms with van der Waals surface area (Å²) in [5.41, 5.74) is 5.42. The van der Waals surface area contributed by atoms with Gasteiger partial charge in [0.15, 0.2) is 0 Å². The van der Waals surface area contributed by atoms with Crippen LogP contribution in [-0.4, -0.2) is 36.5 Å². The second-order valence-electron chi connectivity index (χ2n) is 4.84. The van der Waals surface area contributed by atoms with Crippen molar-refractivity contribution in [3.05, 3.63) is 28.7 Å². The first kappa shape index (κ1) is 14.3. The number of benzene rings is 1. The van der Waals surface area contributed by atoms with Gasteiger partial charge < -0.3 is 10.5 Å². The predicted octanol–water partition coefficient (Wildman–Crippen LogP) is 2.62. The van der Waals surface area contributed by atoms with Gasteiger partial charge in [0.05, 0.1) is 5.84 Å². The molecule has 0 atom stereocenters. The zero-order valence-electron chi connectivity index (χ0n) is 10.9. The van der Waals surface area contributed by atoms with Crippen molar-refractivity contribution in [3.63, 3.8) is 0 Å². The van der Waals surface area contributed by atoms with Gasteiger partial charge in [-0.15, -0.1) is 0 Å². The zero-order chi connectivity index (χ0) is 13.7. The van der Waals surface area contributed by atoms with Crippen molar-refractivity contribution in [1.82, 2.24) is 4.90 Å². The number of nitrogens with zero attached hydrogens (tertiary/aromatic N) is 1.